The van der Waals surface area contributed by atoms with Crippen molar-refractivity contribution in [3.05, 3.63) is 74.1 Å². The predicted molar refractivity (Wildman–Crippen MR) is 111 cm³/mol. The maximum absolute atomic E-state index is 13.7. The molecule has 152 valence electrons. The topological polar surface area (TPSA) is 32.8 Å². The fraction of sp³-hybridized carbons (Fsp3) is 0.286. The Bertz CT molecular complexity index is 967. The third kappa shape index (κ3) is 5.01. The molecule has 4 rings (SSSR count). The van der Waals surface area contributed by atoms with E-state index in [1.165, 1.54) is 22.3 Å². The summed E-state index contributed by atoms with van der Waals surface area (Å²) in [6.45, 7) is 4.17. The number of nitrogens with zero attached hydrogens (tertiary/aromatic N) is 2. The van der Waals surface area contributed by atoms with Crippen molar-refractivity contribution in [2.45, 2.75) is 13.2 Å². The average Bonchev–Trinajstić information content (AvgIpc) is 3.39. The van der Waals surface area contributed by atoms with E-state index in [9.17, 15) is 13.6 Å². The van der Waals surface area contributed by atoms with E-state index < -0.39 is 11.6 Å². The van der Waals surface area contributed by atoms with E-state index in [0.29, 0.717) is 18.0 Å². The monoisotopic (exact) mass is 434 g/mol. The van der Waals surface area contributed by atoms with E-state index in [1.54, 1.807) is 17.4 Å². The molecule has 1 aromatic carbocycles. The van der Waals surface area contributed by atoms with Crippen LogP contribution >= 0.6 is 22.7 Å². The van der Waals surface area contributed by atoms with Crippen molar-refractivity contribution in [2.75, 3.05) is 26.2 Å². The molecule has 0 spiro atoms. The highest BCUT2D eigenvalue weighted by Crippen LogP contribution is 2.22. The minimum atomic E-state index is -0.739. The molecule has 1 fully saturated rings. The van der Waals surface area contributed by atoms with Gasteiger partial charge >= 0.3 is 0 Å². The molecular weight excluding hydrogens is 414 g/mol. The van der Waals surface area contributed by atoms with Crippen molar-refractivity contribution in [1.29, 1.82) is 0 Å². The van der Waals surface area contributed by atoms with Gasteiger partial charge in [0, 0.05) is 49.2 Å². The van der Waals surface area contributed by atoms with Crippen LogP contribution in [0.2, 0.25) is 0 Å². The molecule has 0 N–H and O–H groups in total. The molecule has 0 aliphatic carbocycles. The van der Waals surface area contributed by atoms with Gasteiger partial charge in [0.1, 0.15) is 12.4 Å². The maximum Gasteiger partial charge on any atom is 0.264 e. The molecule has 29 heavy (non-hydrogen) atoms. The summed E-state index contributed by atoms with van der Waals surface area (Å²) in [6.07, 6.45) is 0. The molecule has 0 unspecified atom stereocenters. The molecule has 1 amide bonds. The van der Waals surface area contributed by atoms with Crippen molar-refractivity contribution >= 4 is 28.6 Å². The summed E-state index contributed by atoms with van der Waals surface area (Å²) in [4.78, 5) is 19.0. The van der Waals surface area contributed by atoms with Gasteiger partial charge < -0.3 is 9.64 Å². The number of benzene rings is 1. The molecule has 3 aromatic rings. The van der Waals surface area contributed by atoms with Crippen molar-refractivity contribution in [2.24, 2.45) is 0 Å². The van der Waals surface area contributed by atoms with Crippen molar-refractivity contribution in [3.63, 3.8) is 0 Å². The van der Waals surface area contributed by atoms with Crippen molar-refractivity contribution in [3.8, 4) is 5.75 Å². The van der Waals surface area contributed by atoms with Gasteiger partial charge in [0.05, 0.1) is 4.88 Å². The SMILES string of the molecule is O=C(c1cc(COc2ccc(F)cc2F)cs1)N1CCN(Cc2cccs2)CC1. The lowest BCUT2D eigenvalue weighted by Gasteiger charge is -2.34. The maximum atomic E-state index is 13.7. The summed E-state index contributed by atoms with van der Waals surface area (Å²) in [5.41, 5.74) is 0.790. The second-order valence-electron chi connectivity index (χ2n) is 6.83. The summed E-state index contributed by atoms with van der Waals surface area (Å²) in [6, 6.07) is 9.18. The molecule has 4 nitrogen and oxygen atoms in total. The van der Waals surface area contributed by atoms with Gasteiger partial charge in [-0.05, 0) is 35.0 Å². The van der Waals surface area contributed by atoms with Gasteiger partial charge in [0.2, 0.25) is 0 Å². The minimum absolute atomic E-state index is 0.00709. The fourth-order valence-electron chi connectivity index (χ4n) is 3.20. The van der Waals surface area contributed by atoms with Gasteiger partial charge in [-0.25, -0.2) is 8.78 Å². The highest BCUT2D eigenvalue weighted by atomic mass is 32.1. The van der Waals surface area contributed by atoms with Gasteiger partial charge in [-0.3, -0.25) is 9.69 Å². The van der Waals surface area contributed by atoms with E-state index >= 15 is 0 Å². The van der Waals surface area contributed by atoms with Crippen LogP contribution in [0.15, 0.2) is 47.2 Å². The average molecular weight is 435 g/mol. The largest absolute Gasteiger partial charge is 0.486 e. The van der Waals surface area contributed by atoms with Gasteiger partial charge in [-0.2, -0.15) is 0 Å². The number of carbonyl (C=O) groups excluding carboxylic acids is 1. The molecule has 8 heteroatoms. The normalized spacial score (nSPS) is 14.9. The zero-order chi connectivity index (χ0) is 20.2. The number of halogens is 2. The van der Waals surface area contributed by atoms with Crippen LogP contribution in [0.1, 0.15) is 20.1 Å². The van der Waals surface area contributed by atoms with Crippen LogP contribution in [-0.4, -0.2) is 41.9 Å². The highest BCUT2D eigenvalue weighted by Gasteiger charge is 2.23. The summed E-state index contributed by atoms with van der Waals surface area (Å²) in [5, 5.41) is 3.92. The van der Waals surface area contributed by atoms with Gasteiger partial charge in [-0.15, -0.1) is 22.7 Å². The van der Waals surface area contributed by atoms with Crippen LogP contribution in [0, 0.1) is 11.6 Å². The Labute approximate surface area is 176 Å². The van der Waals surface area contributed by atoms with E-state index in [1.807, 2.05) is 10.3 Å². The third-order valence-electron chi connectivity index (χ3n) is 4.77. The smallest absolute Gasteiger partial charge is 0.264 e. The zero-order valence-corrected chi connectivity index (χ0v) is 17.3. The van der Waals surface area contributed by atoms with Gasteiger partial charge in [0.25, 0.3) is 5.91 Å². The molecular formula is C21H20F2N2O2S2. The Morgan fingerprint density at radius 1 is 1.07 bits per heavy atom. The molecule has 1 aliphatic rings. The molecule has 0 saturated carbocycles. The van der Waals surface area contributed by atoms with Crippen LogP contribution < -0.4 is 4.74 Å². The summed E-state index contributed by atoms with van der Waals surface area (Å²) >= 11 is 3.11. The minimum Gasteiger partial charge on any atom is -0.486 e. The highest BCUT2D eigenvalue weighted by molar-refractivity contribution is 7.12. The number of carbonyl (C=O) groups is 1. The number of ether oxygens (including phenoxy) is 1. The van der Waals surface area contributed by atoms with Crippen LogP contribution in [0.4, 0.5) is 8.78 Å². The Morgan fingerprint density at radius 3 is 2.62 bits per heavy atom. The van der Waals surface area contributed by atoms with Crippen molar-refractivity contribution in [1.82, 2.24) is 9.80 Å². The number of piperazine rings is 1. The Morgan fingerprint density at radius 2 is 1.90 bits per heavy atom. The van der Waals surface area contributed by atoms with E-state index in [0.717, 1.165) is 37.3 Å². The number of hydrogen-bond donors (Lipinski definition) is 0. The standard InChI is InChI=1S/C21H20F2N2O2S2/c22-16-3-4-19(18(23)11-16)27-13-15-10-20(29-14-15)21(26)25-7-5-24(6-8-25)12-17-2-1-9-28-17/h1-4,9-11,14H,5-8,12-13H2. The van der Waals surface area contributed by atoms with Crippen LogP contribution in [0.25, 0.3) is 0 Å². The van der Waals surface area contributed by atoms with E-state index in [-0.39, 0.29) is 18.3 Å². The molecule has 0 radical (unpaired) electrons. The Kier molecular flexibility index (Phi) is 6.22. The van der Waals surface area contributed by atoms with Crippen LogP contribution in [-0.2, 0) is 13.2 Å². The summed E-state index contributed by atoms with van der Waals surface area (Å²) < 4.78 is 32.0. The predicted octanol–water partition coefficient (Wildman–Crippen LogP) is 4.62. The zero-order valence-electron chi connectivity index (χ0n) is 15.6. The number of amides is 1. The first kappa shape index (κ1) is 20.0. The molecule has 1 saturated heterocycles. The number of thiophene rings is 2. The first-order valence-corrected chi connectivity index (χ1v) is 11.0. The second kappa shape index (κ2) is 9.02. The van der Waals surface area contributed by atoms with Crippen LogP contribution in [0.3, 0.4) is 0 Å². The van der Waals surface area contributed by atoms with Crippen molar-refractivity contribution < 1.29 is 18.3 Å². The number of rotatable bonds is 6. The van der Waals surface area contributed by atoms with Gasteiger partial charge in [0.15, 0.2) is 11.6 Å². The lowest BCUT2D eigenvalue weighted by Crippen LogP contribution is -2.48. The molecule has 0 bridgehead atoms. The molecule has 1 aliphatic heterocycles. The quantitative estimate of drug-likeness (QED) is 0.567. The lowest BCUT2D eigenvalue weighted by molar-refractivity contribution is 0.0634. The third-order valence-corrected chi connectivity index (χ3v) is 6.60. The van der Waals surface area contributed by atoms with Gasteiger partial charge in [-0.1, -0.05) is 6.07 Å². The molecule has 0 atom stereocenters. The number of hydrogen-bond acceptors (Lipinski definition) is 5. The first-order chi connectivity index (χ1) is 14.1. The summed E-state index contributed by atoms with van der Waals surface area (Å²) in [7, 11) is 0. The Balaban J connectivity index is 1.29. The molecule has 2 aromatic heterocycles. The lowest BCUT2D eigenvalue weighted by atomic mass is 10.2. The Hall–Kier alpha value is -2.29. The second-order valence-corrected chi connectivity index (χ2v) is 8.77. The molecule has 3 heterocycles. The van der Waals surface area contributed by atoms with E-state index in [2.05, 4.69) is 22.4 Å². The van der Waals surface area contributed by atoms with Crippen LogP contribution in [0.5, 0.6) is 5.75 Å². The van der Waals surface area contributed by atoms with E-state index in [4.69, 9.17) is 4.74 Å². The fourth-order valence-corrected chi connectivity index (χ4v) is 4.81. The first-order valence-electron chi connectivity index (χ1n) is 9.28. The summed E-state index contributed by atoms with van der Waals surface area (Å²) in [5.74, 6) is -1.37.